The fraction of sp³-hybridized carbons (Fsp3) is 0.667. The lowest BCUT2D eigenvalue weighted by atomic mass is 10.0. The van der Waals surface area contributed by atoms with E-state index in [9.17, 15) is 4.39 Å². The van der Waals surface area contributed by atoms with E-state index in [2.05, 4.69) is 34.0 Å². The Morgan fingerprint density at radius 1 is 1.13 bits per heavy atom. The van der Waals surface area contributed by atoms with Gasteiger partial charge in [-0.1, -0.05) is 12.1 Å². The lowest BCUT2D eigenvalue weighted by Crippen LogP contribution is -2.54. The zero-order valence-electron chi connectivity index (χ0n) is 14.3. The molecule has 1 N–H and O–H groups in total. The fourth-order valence-electron chi connectivity index (χ4n) is 3.68. The third-order valence-electron chi connectivity index (χ3n) is 5.23. The molecule has 2 fully saturated rings. The molecule has 2 aliphatic heterocycles. The summed E-state index contributed by atoms with van der Waals surface area (Å²) in [6, 6.07) is 7.97. The average molecular weight is 320 g/mol. The Labute approximate surface area is 139 Å². The third-order valence-corrected chi connectivity index (χ3v) is 5.23. The maximum absolute atomic E-state index is 13.3. The van der Waals surface area contributed by atoms with Gasteiger partial charge in [0.2, 0.25) is 0 Å². The molecule has 2 aliphatic rings. The van der Waals surface area contributed by atoms with E-state index in [1.807, 2.05) is 12.1 Å². The van der Waals surface area contributed by atoms with Crippen LogP contribution in [0.1, 0.15) is 18.5 Å². The van der Waals surface area contributed by atoms with Gasteiger partial charge in [0.15, 0.2) is 0 Å². The van der Waals surface area contributed by atoms with Gasteiger partial charge in [0.25, 0.3) is 0 Å². The minimum atomic E-state index is -0.152. The molecule has 0 amide bonds. The van der Waals surface area contributed by atoms with Crippen molar-refractivity contribution in [1.82, 2.24) is 20.0 Å². The van der Waals surface area contributed by atoms with Crippen molar-refractivity contribution in [2.45, 2.75) is 19.0 Å². The summed E-state index contributed by atoms with van der Waals surface area (Å²) in [5.74, 6) is -0.152. The van der Waals surface area contributed by atoms with Gasteiger partial charge in [-0.15, -0.1) is 0 Å². The molecule has 1 aromatic rings. The molecule has 0 aliphatic carbocycles. The first kappa shape index (κ1) is 16.8. The summed E-state index contributed by atoms with van der Waals surface area (Å²) in [6.45, 7) is 10.9. The first-order chi connectivity index (χ1) is 11.1. The predicted octanol–water partition coefficient (Wildman–Crippen LogP) is 1.41. The third kappa shape index (κ3) is 4.29. The maximum atomic E-state index is 13.3. The summed E-state index contributed by atoms with van der Waals surface area (Å²) >= 11 is 0. The number of halogens is 1. The highest BCUT2D eigenvalue weighted by molar-refractivity contribution is 5.21. The maximum Gasteiger partial charge on any atom is 0.123 e. The van der Waals surface area contributed by atoms with Gasteiger partial charge in [-0.2, -0.15) is 0 Å². The van der Waals surface area contributed by atoms with Crippen LogP contribution in [0.3, 0.4) is 0 Å². The Morgan fingerprint density at radius 2 is 1.83 bits per heavy atom. The molecule has 0 aromatic heterocycles. The Kier molecular flexibility index (Phi) is 5.64. The van der Waals surface area contributed by atoms with Crippen LogP contribution in [-0.2, 0) is 0 Å². The number of likely N-dealkylation sites (N-methyl/N-ethyl adjacent to an activating group) is 1. The summed E-state index contributed by atoms with van der Waals surface area (Å²) < 4.78 is 13.3. The quantitative estimate of drug-likeness (QED) is 0.905. The van der Waals surface area contributed by atoms with Gasteiger partial charge in [0.1, 0.15) is 5.82 Å². The van der Waals surface area contributed by atoms with Crippen molar-refractivity contribution in [3.8, 4) is 0 Å². The number of nitrogens with one attached hydrogen (secondary N) is 1. The van der Waals surface area contributed by atoms with Crippen molar-refractivity contribution >= 4 is 0 Å². The molecule has 0 spiro atoms. The molecule has 0 radical (unpaired) electrons. The number of nitrogens with zero attached hydrogens (tertiary/aromatic N) is 3. The van der Waals surface area contributed by atoms with Gasteiger partial charge in [-0.25, -0.2) is 4.39 Å². The van der Waals surface area contributed by atoms with E-state index < -0.39 is 0 Å². The predicted molar refractivity (Wildman–Crippen MR) is 92.1 cm³/mol. The Bertz CT molecular complexity index is 484. The molecular weight excluding hydrogens is 291 g/mol. The van der Waals surface area contributed by atoms with Crippen LogP contribution in [0.15, 0.2) is 24.3 Å². The van der Waals surface area contributed by atoms with Crippen molar-refractivity contribution in [2.24, 2.45) is 0 Å². The molecule has 4 nitrogen and oxygen atoms in total. The summed E-state index contributed by atoms with van der Waals surface area (Å²) in [5, 5.41) is 3.47. The molecule has 5 heteroatoms. The van der Waals surface area contributed by atoms with E-state index >= 15 is 0 Å². The van der Waals surface area contributed by atoms with Crippen LogP contribution in [0.2, 0.25) is 0 Å². The van der Waals surface area contributed by atoms with Crippen LogP contribution in [0, 0.1) is 5.82 Å². The van der Waals surface area contributed by atoms with Gasteiger partial charge in [-0.05, 0) is 31.7 Å². The van der Waals surface area contributed by atoms with Crippen molar-refractivity contribution in [1.29, 1.82) is 0 Å². The summed E-state index contributed by atoms with van der Waals surface area (Å²) in [5.41, 5.74) is 1.24. The number of hydrogen-bond acceptors (Lipinski definition) is 4. The molecule has 2 atom stereocenters. The SMILES string of the molecule is CC1CNCCN1C(CN1CCN(C)CC1)c1ccc(F)cc1. The molecule has 3 rings (SSSR count). The fourth-order valence-corrected chi connectivity index (χ4v) is 3.68. The normalized spacial score (nSPS) is 26.3. The lowest BCUT2D eigenvalue weighted by molar-refractivity contribution is 0.0661. The first-order valence-corrected chi connectivity index (χ1v) is 8.76. The topological polar surface area (TPSA) is 21.8 Å². The number of piperazine rings is 2. The summed E-state index contributed by atoms with van der Waals surface area (Å²) in [4.78, 5) is 7.53. The molecule has 128 valence electrons. The van der Waals surface area contributed by atoms with Crippen molar-refractivity contribution in [3.63, 3.8) is 0 Å². The summed E-state index contributed by atoms with van der Waals surface area (Å²) in [6.07, 6.45) is 0. The van der Waals surface area contributed by atoms with Crippen LogP contribution in [0.25, 0.3) is 0 Å². The molecule has 1 aromatic carbocycles. The molecule has 0 saturated carbocycles. The van der Waals surface area contributed by atoms with E-state index in [4.69, 9.17) is 0 Å². The van der Waals surface area contributed by atoms with Crippen LogP contribution >= 0.6 is 0 Å². The molecular formula is C18H29FN4. The number of rotatable bonds is 4. The first-order valence-electron chi connectivity index (χ1n) is 8.76. The molecule has 2 heterocycles. The van der Waals surface area contributed by atoms with E-state index in [-0.39, 0.29) is 5.82 Å². The Balaban J connectivity index is 1.76. The monoisotopic (exact) mass is 320 g/mol. The highest BCUT2D eigenvalue weighted by Crippen LogP contribution is 2.26. The minimum Gasteiger partial charge on any atom is -0.314 e. The van der Waals surface area contributed by atoms with Gasteiger partial charge < -0.3 is 10.2 Å². The second-order valence-electron chi connectivity index (χ2n) is 6.96. The van der Waals surface area contributed by atoms with Crippen LogP contribution in [0.4, 0.5) is 4.39 Å². The molecule has 23 heavy (non-hydrogen) atoms. The van der Waals surface area contributed by atoms with E-state index in [1.54, 1.807) is 12.1 Å². The van der Waals surface area contributed by atoms with Crippen LogP contribution < -0.4 is 5.32 Å². The average Bonchev–Trinajstić information content (AvgIpc) is 2.56. The lowest BCUT2D eigenvalue weighted by Gasteiger charge is -2.43. The smallest absolute Gasteiger partial charge is 0.123 e. The largest absolute Gasteiger partial charge is 0.314 e. The van der Waals surface area contributed by atoms with E-state index in [1.165, 1.54) is 5.56 Å². The summed E-state index contributed by atoms with van der Waals surface area (Å²) in [7, 11) is 2.19. The van der Waals surface area contributed by atoms with Gasteiger partial charge in [0, 0.05) is 64.4 Å². The zero-order valence-corrected chi connectivity index (χ0v) is 14.3. The minimum absolute atomic E-state index is 0.152. The van der Waals surface area contributed by atoms with Gasteiger partial charge in [0.05, 0.1) is 0 Å². The highest BCUT2D eigenvalue weighted by atomic mass is 19.1. The molecule has 2 unspecified atom stereocenters. The number of benzene rings is 1. The van der Waals surface area contributed by atoms with E-state index in [0.717, 1.165) is 52.4 Å². The Hall–Kier alpha value is -1.01. The number of hydrogen-bond donors (Lipinski definition) is 1. The van der Waals surface area contributed by atoms with Crippen LogP contribution in [0.5, 0.6) is 0 Å². The highest BCUT2D eigenvalue weighted by Gasteiger charge is 2.29. The zero-order chi connectivity index (χ0) is 16.2. The second-order valence-corrected chi connectivity index (χ2v) is 6.96. The molecule has 2 saturated heterocycles. The van der Waals surface area contributed by atoms with E-state index in [0.29, 0.717) is 12.1 Å². The van der Waals surface area contributed by atoms with Crippen molar-refractivity contribution in [3.05, 3.63) is 35.6 Å². The second kappa shape index (κ2) is 7.71. The molecule has 0 bridgehead atoms. The standard InChI is InChI=1S/C18H29FN4/c1-15-13-20-7-8-23(15)18(16-3-5-17(19)6-4-16)14-22-11-9-21(2)10-12-22/h3-6,15,18,20H,7-14H2,1-2H3. The Morgan fingerprint density at radius 3 is 2.48 bits per heavy atom. The van der Waals surface area contributed by atoms with Crippen molar-refractivity contribution < 1.29 is 4.39 Å². The van der Waals surface area contributed by atoms with Gasteiger partial charge >= 0.3 is 0 Å². The van der Waals surface area contributed by atoms with Gasteiger partial charge in [-0.3, -0.25) is 9.80 Å². The van der Waals surface area contributed by atoms with Crippen LogP contribution in [-0.4, -0.2) is 80.1 Å². The van der Waals surface area contributed by atoms with Crippen molar-refractivity contribution in [2.75, 3.05) is 59.4 Å².